The summed E-state index contributed by atoms with van der Waals surface area (Å²) in [5.74, 6) is 6.16. The smallest absolute Gasteiger partial charge is 0.123 e. The SMILES string of the molecule is Cn1ccnc1CC(NN)c1cc(F)ccc1Br. The number of nitrogens with two attached hydrogens (primary N) is 1. The average Bonchev–Trinajstić information content (AvgIpc) is 2.75. The third-order valence-electron chi connectivity index (χ3n) is 2.84. The first-order valence-corrected chi connectivity index (χ1v) is 6.28. The van der Waals surface area contributed by atoms with Gasteiger partial charge in [-0.05, 0) is 23.8 Å². The molecule has 2 aromatic rings. The first-order valence-electron chi connectivity index (χ1n) is 5.49. The Morgan fingerprint density at radius 2 is 2.33 bits per heavy atom. The molecule has 0 amide bonds. The predicted octanol–water partition coefficient (Wildman–Crippen LogP) is 2.07. The highest BCUT2D eigenvalue weighted by atomic mass is 79.9. The first kappa shape index (κ1) is 13.2. The van der Waals surface area contributed by atoms with E-state index in [1.165, 1.54) is 12.1 Å². The Kier molecular flexibility index (Phi) is 4.11. The summed E-state index contributed by atoms with van der Waals surface area (Å²) in [6, 6.07) is 4.35. The van der Waals surface area contributed by atoms with Crippen LogP contribution in [0, 0.1) is 5.82 Å². The number of nitrogens with one attached hydrogen (secondary N) is 1. The number of hydrogen-bond acceptors (Lipinski definition) is 3. The molecule has 96 valence electrons. The van der Waals surface area contributed by atoms with Crippen molar-refractivity contribution >= 4 is 15.9 Å². The summed E-state index contributed by atoms with van der Waals surface area (Å²) < 4.78 is 16.0. The minimum atomic E-state index is -0.284. The molecule has 1 heterocycles. The standard InChI is InChI=1S/C12H14BrFN4/c1-18-5-4-16-12(18)7-11(17-15)9-6-8(14)2-3-10(9)13/h2-6,11,17H,7,15H2,1H3. The molecule has 0 radical (unpaired) electrons. The lowest BCUT2D eigenvalue weighted by molar-refractivity contribution is 0.523. The first-order chi connectivity index (χ1) is 8.61. The Morgan fingerprint density at radius 1 is 1.56 bits per heavy atom. The highest BCUT2D eigenvalue weighted by molar-refractivity contribution is 9.10. The van der Waals surface area contributed by atoms with Crippen molar-refractivity contribution in [3.8, 4) is 0 Å². The average molecular weight is 313 g/mol. The van der Waals surface area contributed by atoms with E-state index in [0.29, 0.717) is 6.42 Å². The van der Waals surface area contributed by atoms with Gasteiger partial charge in [-0.15, -0.1) is 0 Å². The van der Waals surface area contributed by atoms with Gasteiger partial charge in [0, 0.05) is 30.3 Å². The van der Waals surface area contributed by atoms with Crippen LogP contribution in [-0.4, -0.2) is 9.55 Å². The van der Waals surface area contributed by atoms with Gasteiger partial charge in [0.25, 0.3) is 0 Å². The minimum Gasteiger partial charge on any atom is -0.338 e. The lowest BCUT2D eigenvalue weighted by atomic mass is 10.0. The monoisotopic (exact) mass is 312 g/mol. The number of halogens is 2. The van der Waals surface area contributed by atoms with Gasteiger partial charge < -0.3 is 4.57 Å². The number of aryl methyl sites for hydroxylation is 1. The van der Waals surface area contributed by atoms with E-state index in [2.05, 4.69) is 26.3 Å². The number of imidazole rings is 1. The molecule has 0 aliphatic heterocycles. The van der Waals surface area contributed by atoms with Crippen molar-refractivity contribution < 1.29 is 4.39 Å². The molecule has 1 aromatic carbocycles. The summed E-state index contributed by atoms with van der Waals surface area (Å²) in [6.07, 6.45) is 4.18. The van der Waals surface area contributed by atoms with Crippen molar-refractivity contribution in [3.63, 3.8) is 0 Å². The Bertz CT molecular complexity index is 541. The van der Waals surface area contributed by atoms with E-state index in [0.717, 1.165) is 15.9 Å². The number of nitrogens with zero attached hydrogens (tertiary/aromatic N) is 2. The second-order valence-corrected chi connectivity index (χ2v) is 4.90. The lowest BCUT2D eigenvalue weighted by Gasteiger charge is -2.17. The molecule has 1 unspecified atom stereocenters. The predicted molar refractivity (Wildman–Crippen MR) is 71.1 cm³/mol. The van der Waals surface area contributed by atoms with E-state index in [1.54, 1.807) is 12.3 Å². The van der Waals surface area contributed by atoms with E-state index in [9.17, 15) is 4.39 Å². The van der Waals surface area contributed by atoms with Crippen molar-refractivity contribution in [1.82, 2.24) is 15.0 Å². The second kappa shape index (κ2) is 5.60. The summed E-state index contributed by atoms with van der Waals surface area (Å²) in [7, 11) is 1.91. The molecular weight excluding hydrogens is 299 g/mol. The van der Waals surface area contributed by atoms with Crippen LogP contribution in [0.15, 0.2) is 35.1 Å². The molecule has 6 heteroatoms. The highest BCUT2D eigenvalue weighted by Crippen LogP contribution is 2.26. The van der Waals surface area contributed by atoms with Crippen molar-refractivity contribution in [2.24, 2.45) is 12.9 Å². The molecule has 2 rings (SSSR count). The van der Waals surface area contributed by atoms with Crippen molar-refractivity contribution in [2.45, 2.75) is 12.5 Å². The van der Waals surface area contributed by atoms with Gasteiger partial charge in [-0.1, -0.05) is 15.9 Å². The normalized spacial score (nSPS) is 12.7. The zero-order chi connectivity index (χ0) is 13.1. The van der Waals surface area contributed by atoms with Crippen LogP contribution < -0.4 is 11.3 Å². The van der Waals surface area contributed by atoms with Crippen LogP contribution in [0.2, 0.25) is 0 Å². The van der Waals surface area contributed by atoms with Crippen LogP contribution in [0.1, 0.15) is 17.4 Å². The molecule has 1 aromatic heterocycles. The maximum Gasteiger partial charge on any atom is 0.123 e. The Morgan fingerprint density at radius 3 is 2.94 bits per heavy atom. The van der Waals surface area contributed by atoms with Gasteiger partial charge in [0.1, 0.15) is 11.6 Å². The molecule has 0 spiro atoms. The largest absolute Gasteiger partial charge is 0.338 e. The molecule has 4 nitrogen and oxygen atoms in total. The molecule has 0 aliphatic carbocycles. The number of hydrogen-bond donors (Lipinski definition) is 2. The van der Waals surface area contributed by atoms with Gasteiger partial charge in [-0.25, -0.2) is 9.37 Å². The van der Waals surface area contributed by atoms with E-state index in [1.807, 2.05) is 17.8 Å². The van der Waals surface area contributed by atoms with Crippen LogP contribution in [0.25, 0.3) is 0 Å². The van der Waals surface area contributed by atoms with Crippen LogP contribution in [0.3, 0.4) is 0 Å². The minimum absolute atomic E-state index is 0.198. The molecule has 0 saturated heterocycles. The van der Waals surface area contributed by atoms with Gasteiger partial charge in [0.05, 0.1) is 6.04 Å². The van der Waals surface area contributed by atoms with Crippen molar-refractivity contribution in [1.29, 1.82) is 0 Å². The molecule has 3 N–H and O–H groups in total. The Hall–Kier alpha value is -1.24. The van der Waals surface area contributed by atoms with E-state index >= 15 is 0 Å². The van der Waals surface area contributed by atoms with E-state index < -0.39 is 0 Å². The molecule has 0 bridgehead atoms. The third kappa shape index (κ3) is 2.77. The fraction of sp³-hybridized carbons (Fsp3) is 0.250. The molecule has 1 atom stereocenters. The topological polar surface area (TPSA) is 55.9 Å². The highest BCUT2D eigenvalue weighted by Gasteiger charge is 2.16. The molecular formula is C12H14BrFN4. The van der Waals surface area contributed by atoms with Gasteiger partial charge in [0.15, 0.2) is 0 Å². The van der Waals surface area contributed by atoms with Gasteiger partial charge in [-0.2, -0.15) is 0 Å². The van der Waals surface area contributed by atoms with Gasteiger partial charge >= 0.3 is 0 Å². The van der Waals surface area contributed by atoms with Crippen molar-refractivity contribution in [2.75, 3.05) is 0 Å². The van der Waals surface area contributed by atoms with Crippen LogP contribution in [-0.2, 0) is 13.5 Å². The van der Waals surface area contributed by atoms with Crippen molar-refractivity contribution in [3.05, 3.63) is 52.3 Å². The summed E-state index contributed by atoms with van der Waals surface area (Å²) in [6.45, 7) is 0. The second-order valence-electron chi connectivity index (χ2n) is 4.04. The van der Waals surface area contributed by atoms with Crippen LogP contribution in [0.4, 0.5) is 4.39 Å². The summed E-state index contributed by atoms with van der Waals surface area (Å²) in [5, 5.41) is 0. The number of benzene rings is 1. The molecule has 0 saturated carbocycles. The lowest BCUT2D eigenvalue weighted by Crippen LogP contribution is -2.30. The number of rotatable bonds is 4. The van der Waals surface area contributed by atoms with Gasteiger partial charge in [0.2, 0.25) is 0 Å². The fourth-order valence-corrected chi connectivity index (χ4v) is 2.34. The summed E-state index contributed by atoms with van der Waals surface area (Å²) in [4.78, 5) is 4.24. The zero-order valence-corrected chi connectivity index (χ0v) is 11.5. The Labute approximate surface area is 113 Å². The third-order valence-corrected chi connectivity index (χ3v) is 3.56. The quantitative estimate of drug-likeness (QED) is 0.671. The summed E-state index contributed by atoms with van der Waals surface area (Å²) >= 11 is 3.41. The van der Waals surface area contributed by atoms with E-state index in [-0.39, 0.29) is 11.9 Å². The maximum atomic E-state index is 13.3. The zero-order valence-electron chi connectivity index (χ0n) is 9.90. The summed E-state index contributed by atoms with van der Waals surface area (Å²) in [5.41, 5.74) is 3.48. The molecule has 0 aliphatic rings. The van der Waals surface area contributed by atoms with E-state index in [4.69, 9.17) is 5.84 Å². The van der Waals surface area contributed by atoms with Crippen LogP contribution >= 0.6 is 15.9 Å². The Balaban J connectivity index is 2.28. The van der Waals surface area contributed by atoms with Crippen LogP contribution in [0.5, 0.6) is 0 Å². The van der Waals surface area contributed by atoms with Gasteiger partial charge in [-0.3, -0.25) is 11.3 Å². The molecule has 0 fully saturated rings. The maximum absolute atomic E-state index is 13.3. The number of hydrazine groups is 1. The number of aromatic nitrogens is 2. The fourth-order valence-electron chi connectivity index (χ4n) is 1.82. The molecule has 18 heavy (non-hydrogen) atoms.